The lowest BCUT2D eigenvalue weighted by Crippen LogP contribution is -2.40. The molecule has 38 heavy (non-hydrogen) atoms. The van der Waals surface area contributed by atoms with Gasteiger partial charge in [0.25, 0.3) is 5.91 Å². The predicted octanol–water partition coefficient (Wildman–Crippen LogP) is 3.59. The number of fused-ring (bicyclic) bond motifs is 2. The first kappa shape index (κ1) is 26.6. The van der Waals surface area contributed by atoms with Gasteiger partial charge in [-0.25, -0.2) is 12.8 Å². The molecular weight excluding hydrogens is 513 g/mol. The fourth-order valence-corrected chi connectivity index (χ4v) is 6.10. The Morgan fingerprint density at radius 2 is 1.92 bits per heavy atom. The molecule has 1 aromatic heterocycles. The van der Waals surface area contributed by atoms with Gasteiger partial charge in [0.15, 0.2) is 0 Å². The molecule has 2 aromatic carbocycles. The molecule has 204 valence electrons. The van der Waals surface area contributed by atoms with Crippen molar-refractivity contribution in [1.82, 2.24) is 10.6 Å². The number of amides is 1. The second kappa shape index (κ2) is 10.6. The van der Waals surface area contributed by atoms with E-state index in [9.17, 15) is 17.6 Å². The summed E-state index contributed by atoms with van der Waals surface area (Å²) >= 11 is 0. The number of rotatable bonds is 6. The molecule has 9 nitrogen and oxygen atoms in total. The third-order valence-corrected chi connectivity index (χ3v) is 8.22. The van der Waals surface area contributed by atoms with Crippen molar-refractivity contribution in [3.8, 4) is 11.3 Å². The molecule has 1 fully saturated rings. The van der Waals surface area contributed by atoms with Crippen LogP contribution in [0.15, 0.2) is 40.8 Å². The molecule has 0 aliphatic carbocycles. The maximum Gasteiger partial charge on any atom is 0.255 e. The van der Waals surface area contributed by atoms with Gasteiger partial charge in [-0.2, -0.15) is 0 Å². The summed E-state index contributed by atoms with van der Waals surface area (Å²) < 4.78 is 59.4. The van der Waals surface area contributed by atoms with Crippen LogP contribution in [-0.4, -0.2) is 66.1 Å². The van der Waals surface area contributed by atoms with Crippen LogP contribution in [0.3, 0.4) is 0 Å². The summed E-state index contributed by atoms with van der Waals surface area (Å²) in [6, 6.07) is 9.04. The number of benzene rings is 2. The quantitative estimate of drug-likeness (QED) is 0.487. The predicted molar refractivity (Wildman–Crippen MR) is 142 cm³/mol. The van der Waals surface area contributed by atoms with E-state index in [4.69, 9.17) is 13.9 Å². The van der Waals surface area contributed by atoms with E-state index in [0.717, 1.165) is 32.2 Å². The molecule has 11 heteroatoms. The van der Waals surface area contributed by atoms with E-state index in [2.05, 4.69) is 10.6 Å². The van der Waals surface area contributed by atoms with Crippen molar-refractivity contribution in [3.05, 3.63) is 53.3 Å². The van der Waals surface area contributed by atoms with Crippen LogP contribution < -0.4 is 14.9 Å². The lowest BCUT2D eigenvalue weighted by molar-refractivity contribution is -0.0694. The van der Waals surface area contributed by atoms with Gasteiger partial charge in [0.05, 0.1) is 42.9 Å². The number of carbonyl (C=O) groups is 1. The van der Waals surface area contributed by atoms with Crippen molar-refractivity contribution < 1.29 is 31.5 Å². The summed E-state index contributed by atoms with van der Waals surface area (Å²) in [5.41, 5.74) is 2.19. The molecule has 3 heterocycles. The van der Waals surface area contributed by atoms with E-state index in [0.29, 0.717) is 27.8 Å². The lowest BCUT2D eigenvalue weighted by atomic mass is 10.0. The smallest absolute Gasteiger partial charge is 0.255 e. The first-order valence-electron chi connectivity index (χ1n) is 12.7. The second-order valence-electron chi connectivity index (χ2n) is 9.78. The minimum Gasteiger partial charge on any atom is -0.455 e. The highest BCUT2D eigenvalue weighted by atomic mass is 32.2. The van der Waals surface area contributed by atoms with Crippen LogP contribution in [0.25, 0.3) is 22.3 Å². The molecule has 3 aromatic rings. The minimum absolute atomic E-state index is 0.0838. The van der Waals surface area contributed by atoms with Gasteiger partial charge in [0.1, 0.15) is 23.3 Å². The molecule has 2 aliphatic rings. The SMILES string of the molecule is CNC(=O)c1c(-c2ccc(F)cc2)oc2cc3c(cc12)[C@H](C)O[C@H](COC1CCNCC1)CN3S(C)(=O)=O. The Labute approximate surface area is 221 Å². The fourth-order valence-electron chi connectivity index (χ4n) is 5.15. The second-order valence-corrected chi connectivity index (χ2v) is 11.7. The van der Waals surface area contributed by atoms with Gasteiger partial charge < -0.3 is 24.5 Å². The molecule has 0 spiro atoms. The summed E-state index contributed by atoms with van der Waals surface area (Å²) in [6.45, 7) is 3.98. The Morgan fingerprint density at radius 1 is 1.21 bits per heavy atom. The fraction of sp³-hybridized carbons (Fsp3) is 0.444. The monoisotopic (exact) mass is 545 g/mol. The summed E-state index contributed by atoms with van der Waals surface area (Å²) in [5, 5.41) is 6.45. The van der Waals surface area contributed by atoms with E-state index in [1.165, 1.54) is 35.6 Å². The molecule has 0 saturated carbocycles. The number of sulfonamides is 1. The van der Waals surface area contributed by atoms with E-state index in [1.807, 2.05) is 6.92 Å². The van der Waals surface area contributed by atoms with Crippen molar-refractivity contribution in [2.75, 3.05) is 43.8 Å². The van der Waals surface area contributed by atoms with Crippen molar-refractivity contribution in [2.24, 2.45) is 0 Å². The zero-order chi connectivity index (χ0) is 27.0. The van der Waals surface area contributed by atoms with E-state index in [-0.39, 0.29) is 36.5 Å². The number of carbonyl (C=O) groups excluding carboxylic acids is 1. The van der Waals surface area contributed by atoms with Gasteiger partial charge in [-0.05, 0) is 63.2 Å². The third kappa shape index (κ3) is 5.28. The summed E-state index contributed by atoms with van der Waals surface area (Å²) in [4.78, 5) is 13.0. The largest absolute Gasteiger partial charge is 0.455 e. The van der Waals surface area contributed by atoms with Gasteiger partial charge in [-0.3, -0.25) is 9.10 Å². The highest BCUT2D eigenvalue weighted by Gasteiger charge is 2.34. The van der Waals surface area contributed by atoms with Crippen LogP contribution in [0.2, 0.25) is 0 Å². The molecule has 0 bridgehead atoms. The summed E-state index contributed by atoms with van der Waals surface area (Å²) in [5.74, 6) is -0.516. The van der Waals surface area contributed by atoms with E-state index >= 15 is 0 Å². The maximum absolute atomic E-state index is 13.6. The van der Waals surface area contributed by atoms with Crippen LogP contribution in [0.1, 0.15) is 41.8 Å². The van der Waals surface area contributed by atoms with E-state index in [1.54, 1.807) is 12.1 Å². The number of piperidine rings is 1. The average Bonchev–Trinajstić information content (AvgIpc) is 3.20. The number of anilines is 1. The van der Waals surface area contributed by atoms with Crippen molar-refractivity contribution in [3.63, 3.8) is 0 Å². The van der Waals surface area contributed by atoms with Crippen LogP contribution >= 0.6 is 0 Å². The number of ether oxygens (including phenoxy) is 2. The Kier molecular flexibility index (Phi) is 7.45. The highest BCUT2D eigenvalue weighted by molar-refractivity contribution is 7.92. The van der Waals surface area contributed by atoms with Gasteiger partial charge in [-0.15, -0.1) is 0 Å². The molecule has 1 amide bonds. The Bertz CT molecular complexity index is 1430. The number of halogens is 1. The number of hydrogen-bond acceptors (Lipinski definition) is 7. The van der Waals surface area contributed by atoms with E-state index < -0.39 is 28.0 Å². The Morgan fingerprint density at radius 3 is 2.58 bits per heavy atom. The van der Waals surface area contributed by atoms with Gasteiger partial charge in [-0.1, -0.05) is 0 Å². The standard InChI is InChI=1S/C27H32FN3O6S/c1-16-21-12-22-24(37-26(25(22)27(32)29-2)17-4-6-18(28)7-5-17)13-23(21)31(38(3,33)34)14-20(36-16)15-35-19-8-10-30-11-9-19/h4-7,12-13,16,19-20,30H,8-11,14-15H2,1-3H3,(H,29,32)/t16-,20-/m0/s1. The topological polar surface area (TPSA) is 110 Å². The number of furan rings is 1. The zero-order valence-corrected chi connectivity index (χ0v) is 22.4. The van der Waals surface area contributed by atoms with Crippen molar-refractivity contribution >= 4 is 32.6 Å². The first-order chi connectivity index (χ1) is 18.2. The zero-order valence-electron chi connectivity index (χ0n) is 21.6. The Balaban J connectivity index is 1.57. The molecule has 2 atom stereocenters. The van der Waals surface area contributed by atoms with Crippen molar-refractivity contribution in [2.45, 2.75) is 38.1 Å². The normalized spacial score (nSPS) is 20.8. The van der Waals surface area contributed by atoms with Gasteiger partial charge in [0, 0.05) is 29.6 Å². The maximum atomic E-state index is 13.6. The number of nitrogens with one attached hydrogen (secondary N) is 2. The number of hydrogen-bond donors (Lipinski definition) is 2. The molecule has 5 rings (SSSR count). The van der Waals surface area contributed by atoms with Crippen LogP contribution in [0.4, 0.5) is 10.1 Å². The summed E-state index contributed by atoms with van der Waals surface area (Å²) in [7, 11) is -2.17. The molecule has 0 radical (unpaired) electrons. The summed E-state index contributed by atoms with van der Waals surface area (Å²) in [6.07, 6.45) is 2.09. The molecule has 2 aliphatic heterocycles. The molecular formula is C27H32FN3O6S. The lowest BCUT2D eigenvalue weighted by Gasteiger charge is -2.28. The third-order valence-electron chi connectivity index (χ3n) is 7.07. The number of nitrogens with zero attached hydrogens (tertiary/aromatic N) is 1. The molecule has 0 unspecified atom stereocenters. The molecule has 1 saturated heterocycles. The van der Waals surface area contributed by atoms with Crippen LogP contribution in [0, 0.1) is 5.82 Å². The van der Waals surface area contributed by atoms with Gasteiger partial charge >= 0.3 is 0 Å². The minimum atomic E-state index is -3.69. The first-order valence-corrected chi connectivity index (χ1v) is 14.5. The van der Waals surface area contributed by atoms with Gasteiger partial charge in [0.2, 0.25) is 10.0 Å². The van der Waals surface area contributed by atoms with Crippen LogP contribution in [-0.2, 0) is 19.5 Å². The van der Waals surface area contributed by atoms with Crippen LogP contribution in [0.5, 0.6) is 0 Å². The Hall–Kier alpha value is -2.99. The average molecular weight is 546 g/mol. The highest BCUT2D eigenvalue weighted by Crippen LogP contribution is 2.42. The molecule has 2 N–H and O–H groups in total. The van der Waals surface area contributed by atoms with Crippen molar-refractivity contribution in [1.29, 1.82) is 0 Å².